The average Bonchev–Trinajstić information content (AvgIpc) is 3.28. The number of carbonyl (C=O) groups is 1. The fraction of sp³-hybridized carbons (Fsp3) is 0.667. The number of hydrogen-bond donors (Lipinski definition) is 1. The molecule has 4 rings (SSSR count). The van der Waals surface area contributed by atoms with Crippen molar-refractivity contribution < 1.29 is 27.8 Å². The highest BCUT2D eigenvalue weighted by Crippen LogP contribution is 2.41. The van der Waals surface area contributed by atoms with E-state index in [1.54, 1.807) is 0 Å². The van der Waals surface area contributed by atoms with Gasteiger partial charge in [-0.1, -0.05) is 0 Å². The zero-order valence-corrected chi connectivity index (χ0v) is 14.7. The Balaban J connectivity index is 1.34. The molecule has 3 unspecified atom stereocenters. The lowest BCUT2D eigenvalue weighted by atomic mass is 10.0. The predicted octanol–water partition coefficient (Wildman–Crippen LogP) is 2.39. The second-order valence-corrected chi connectivity index (χ2v) is 7.65. The van der Waals surface area contributed by atoms with Gasteiger partial charge in [0.05, 0.1) is 6.61 Å². The van der Waals surface area contributed by atoms with Crippen LogP contribution in [0.4, 0.5) is 23.8 Å². The molecule has 148 valence electrons. The highest BCUT2D eigenvalue weighted by Gasteiger charge is 2.46. The van der Waals surface area contributed by atoms with E-state index in [1.165, 1.54) is 23.3 Å². The van der Waals surface area contributed by atoms with E-state index >= 15 is 0 Å². The molecule has 2 aliphatic heterocycles. The Hall–Kier alpha value is -2.03. The van der Waals surface area contributed by atoms with Gasteiger partial charge in [-0.3, -0.25) is 0 Å². The number of likely N-dealkylation sites (tertiary alicyclic amines) is 1. The van der Waals surface area contributed by atoms with Crippen LogP contribution in [-0.4, -0.2) is 66.1 Å². The van der Waals surface area contributed by atoms with Crippen LogP contribution in [0.1, 0.15) is 24.3 Å². The lowest BCUT2D eigenvalue weighted by Crippen LogP contribution is -2.42. The predicted molar refractivity (Wildman–Crippen MR) is 90.4 cm³/mol. The van der Waals surface area contributed by atoms with Crippen LogP contribution >= 0.6 is 0 Å². The van der Waals surface area contributed by atoms with Crippen LogP contribution < -0.4 is 4.90 Å². The minimum atomic E-state index is -4.77. The van der Waals surface area contributed by atoms with Crippen LogP contribution in [0.3, 0.4) is 0 Å². The first-order chi connectivity index (χ1) is 12.8. The van der Waals surface area contributed by atoms with Crippen molar-refractivity contribution >= 4 is 11.9 Å². The number of aliphatic hydroxyl groups excluding tert-OH is 1. The van der Waals surface area contributed by atoms with Crippen molar-refractivity contribution in [2.24, 2.45) is 11.8 Å². The van der Waals surface area contributed by atoms with E-state index in [0.29, 0.717) is 19.0 Å². The van der Waals surface area contributed by atoms with E-state index in [-0.39, 0.29) is 11.8 Å². The summed E-state index contributed by atoms with van der Waals surface area (Å²) in [4.78, 5) is 20.0. The van der Waals surface area contributed by atoms with Crippen molar-refractivity contribution in [3.05, 3.63) is 23.9 Å². The van der Waals surface area contributed by atoms with Gasteiger partial charge in [-0.15, -0.1) is 0 Å². The molecule has 1 saturated carbocycles. The quantitative estimate of drug-likeness (QED) is 0.862. The third-order valence-electron chi connectivity index (χ3n) is 5.66. The van der Waals surface area contributed by atoms with Crippen molar-refractivity contribution in [1.82, 2.24) is 9.88 Å². The molecular formula is C18H22F3N3O3. The fourth-order valence-electron chi connectivity index (χ4n) is 4.01. The number of nitrogens with zero attached hydrogens (tertiary/aromatic N) is 3. The lowest BCUT2D eigenvalue weighted by molar-refractivity contribution is -0.214. The highest BCUT2D eigenvalue weighted by atomic mass is 19.4. The lowest BCUT2D eigenvalue weighted by Gasteiger charge is -2.25. The summed E-state index contributed by atoms with van der Waals surface area (Å²) in [6.45, 7) is 0.889. The summed E-state index contributed by atoms with van der Waals surface area (Å²) in [6.07, 6.45) is -3.99. The number of aliphatic hydroxyl groups is 1. The van der Waals surface area contributed by atoms with Gasteiger partial charge in [0.25, 0.3) is 0 Å². The minimum absolute atomic E-state index is 0.183. The molecule has 27 heavy (non-hydrogen) atoms. The molecule has 3 heterocycles. The molecule has 0 bridgehead atoms. The van der Waals surface area contributed by atoms with Crippen molar-refractivity contribution in [3.63, 3.8) is 0 Å². The Morgan fingerprint density at radius 1 is 1.26 bits per heavy atom. The number of aromatic nitrogens is 1. The maximum absolute atomic E-state index is 12.7. The normalized spacial score (nSPS) is 26.2. The molecule has 0 spiro atoms. The van der Waals surface area contributed by atoms with E-state index in [0.717, 1.165) is 18.9 Å². The highest BCUT2D eigenvalue weighted by molar-refractivity contribution is 5.68. The molecule has 1 aromatic rings. The van der Waals surface area contributed by atoms with E-state index in [2.05, 4.69) is 20.7 Å². The summed E-state index contributed by atoms with van der Waals surface area (Å²) < 4.78 is 42.4. The maximum Gasteiger partial charge on any atom is 0.427 e. The fourth-order valence-corrected chi connectivity index (χ4v) is 4.01. The topological polar surface area (TPSA) is 65.9 Å². The van der Waals surface area contributed by atoms with Gasteiger partial charge in [-0.05, 0) is 36.5 Å². The van der Waals surface area contributed by atoms with Gasteiger partial charge in [-0.25, -0.2) is 9.78 Å². The number of fused-ring (bicyclic) bond motifs is 1. The summed E-state index contributed by atoms with van der Waals surface area (Å²) in [7, 11) is 0. The summed E-state index contributed by atoms with van der Waals surface area (Å²) in [5.74, 6) is 1.94. The molecule has 9 heteroatoms. The number of halogens is 3. The van der Waals surface area contributed by atoms with Crippen LogP contribution in [0.2, 0.25) is 0 Å². The van der Waals surface area contributed by atoms with Gasteiger partial charge < -0.3 is 19.6 Å². The molecule has 1 aliphatic carbocycles. The smallest absolute Gasteiger partial charge is 0.427 e. The Kier molecular flexibility index (Phi) is 4.65. The van der Waals surface area contributed by atoms with Crippen LogP contribution in [0.25, 0.3) is 0 Å². The zero-order chi connectivity index (χ0) is 19.2. The first kappa shape index (κ1) is 18.3. The molecule has 0 aromatic carbocycles. The van der Waals surface area contributed by atoms with Gasteiger partial charge in [-0.2, -0.15) is 13.2 Å². The first-order valence-corrected chi connectivity index (χ1v) is 9.19. The van der Waals surface area contributed by atoms with Crippen molar-refractivity contribution in [2.75, 3.05) is 37.7 Å². The van der Waals surface area contributed by atoms with Gasteiger partial charge in [0.15, 0.2) is 0 Å². The average molecular weight is 385 g/mol. The molecule has 2 saturated heterocycles. The van der Waals surface area contributed by atoms with Crippen LogP contribution in [0.5, 0.6) is 0 Å². The standard InChI is InChI=1S/C18H22F3N3O3/c19-18(20,21)15(10-25)27-17(26)24-8-13-6-23(7-14(13)9-24)16-5-12(3-4-22-16)11-1-2-11/h3-5,11,13-15,25H,1-2,6-10H2. The second kappa shape index (κ2) is 6.85. The maximum atomic E-state index is 12.7. The van der Waals surface area contributed by atoms with Crippen LogP contribution in [0.15, 0.2) is 18.3 Å². The molecule has 6 nitrogen and oxygen atoms in total. The monoisotopic (exact) mass is 385 g/mol. The molecule has 1 aromatic heterocycles. The van der Waals surface area contributed by atoms with Gasteiger partial charge in [0.2, 0.25) is 6.10 Å². The number of pyridine rings is 1. The molecule has 3 fully saturated rings. The van der Waals surface area contributed by atoms with Crippen molar-refractivity contribution in [2.45, 2.75) is 31.0 Å². The molecule has 0 radical (unpaired) electrons. The number of amides is 1. The number of hydrogen-bond acceptors (Lipinski definition) is 5. The SMILES string of the molecule is O=C(OC(CO)C(F)(F)F)N1CC2CN(c3cc(C4CC4)ccn3)CC2C1. The zero-order valence-electron chi connectivity index (χ0n) is 14.7. The Labute approximate surface area is 154 Å². The minimum Gasteiger partial charge on any atom is -0.434 e. The molecule has 3 atom stereocenters. The Morgan fingerprint density at radius 2 is 1.93 bits per heavy atom. The van der Waals surface area contributed by atoms with Gasteiger partial charge in [0, 0.05) is 44.2 Å². The van der Waals surface area contributed by atoms with Crippen LogP contribution in [0, 0.1) is 11.8 Å². The summed E-state index contributed by atoms with van der Waals surface area (Å²) in [5, 5.41) is 8.81. The third kappa shape index (κ3) is 3.83. The Bertz CT molecular complexity index is 697. The number of ether oxygens (including phenoxy) is 1. The number of rotatable bonds is 4. The molecular weight excluding hydrogens is 363 g/mol. The molecule has 3 aliphatic rings. The van der Waals surface area contributed by atoms with Crippen molar-refractivity contribution in [3.8, 4) is 0 Å². The van der Waals surface area contributed by atoms with Gasteiger partial charge >= 0.3 is 12.3 Å². The van der Waals surface area contributed by atoms with E-state index in [9.17, 15) is 18.0 Å². The molecule has 1 N–H and O–H groups in total. The van der Waals surface area contributed by atoms with E-state index in [1.807, 2.05) is 12.3 Å². The van der Waals surface area contributed by atoms with Crippen LogP contribution in [-0.2, 0) is 4.74 Å². The number of anilines is 1. The first-order valence-electron chi connectivity index (χ1n) is 9.19. The van der Waals surface area contributed by atoms with E-state index < -0.39 is 25.0 Å². The number of carbonyl (C=O) groups excluding carboxylic acids is 1. The summed E-state index contributed by atoms with van der Waals surface area (Å²) >= 11 is 0. The molecule has 1 amide bonds. The largest absolute Gasteiger partial charge is 0.434 e. The Morgan fingerprint density at radius 3 is 2.48 bits per heavy atom. The third-order valence-corrected chi connectivity index (χ3v) is 5.66. The van der Waals surface area contributed by atoms with Gasteiger partial charge in [0.1, 0.15) is 5.82 Å². The second-order valence-electron chi connectivity index (χ2n) is 7.65. The summed E-state index contributed by atoms with van der Waals surface area (Å²) in [6, 6.07) is 4.17. The summed E-state index contributed by atoms with van der Waals surface area (Å²) in [5.41, 5.74) is 1.31. The van der Waals surface area contributed by atoms with E-state index in [4.69, 9.17) is 5.11 Å². The van der Waals surface area contributed by atoms with Crippen molar-refractivity contribution in [1.29, 1.82) is 0 Å². The number of alkyl halides is 3.